The molecule has 24 heavy (non-hydrogen) atoms. The van der Waals surface area contributed by atoms with E-state index in [0.29, 0.717) is 16.9 Å². The van der Waals surface area contributed by atoms with Crippen molar-refractivity contribution < 1.29 is 0 Å². The van der Waals surface area contributed by atoms with Crippen molar-refractivity contribution in [3.8, 4) is 11.4 Å². The fraction of sp³-hybridized carbons (Fsp3) is 0.105. The van der Waals surface area contributed by atoms with Gasteiger partial charge in [-0.05, 0) is 37.6 Å². The molecule has 2 aromatic heterocycles. The molecule has 0 amide bonds. The molecule has 0 radical (unpaired) electrons. The SMILES string of the molecule is Cc1ccccc1-n1c(C)nc2c(cnn2-c2ccccc2)c1=O. The van der Waals surface area contributed by atoms with Crippen molar-refractivity contribution in [3.63, 3.8) is 0 Å². The van der Waals surface area contributed by atoms with Gasteiger partial charge in [0.2, 0.25) is 0 Å². The van der Waals surface area contributed by atoms with Crippen LogP contribution < -0.4 is 5.56 Å². The highest BCUT2D eigenvalue weighted by Gasteiger charge is 2.15. The smallest absolute Gasteiger partial charge is 0.268 e. The second-order valence-electron chi connectivity index (χ2n) is 5.72. The normalized spacial score (nSPS) is 11.1. The van der Waals surface area contributed by atoms with Gasteiger partial charge in [0.15, 0.2) is 5.65 Å². The van der Waals surface area contributed by atoms with Gasteiger partial charge in [0.1, 0.15) is 11.2 Å². The average Bonchev–Trinajstić information content (AvgIpc) is 3.01. The molecule has 0 aliphatic rings. The maximum Gasteiger partial charge on any atom is 0.269 e. The number of aromatic nitrogens is 4. The van der Waals surface area contributed by atoms with Crippen LogP contribution in [-0.4, -0.2) is 19.3 Å². The number of fused-ring (bicyclic) bond motifs is 1. The van der Waals surface area contributed by atoms with E-state index in [9.17, 15) is 4.79 Å². The van der Waals surface area contributed by atoms with E-state index in [1.54, 1.807) is 15.4 Å². The van der Waals surface area contributed by atoms with Crippen molar-refractivity contribution in [1.82, 2.24) is 19.3 Å². The van der Waals surface area contributed by atoms with Crippen LogP contribution in [0.4, 0.5) is 0 Å². The van der Waals surface area contributed by atoms with E-state index in [1.165, 1.54) is 0 Å². The van der Waals surface area contributed by atoms with Gasteiger partial charge in [-0.3, -0.25) is 9.36 Å². The summed E-state index contributed by atoms with van der Waals surface area (Å²) in [5.74, 6) is 0.638. The zero-order valence-electron chi connectivity index (χ0n) is 13.5. The van der Waals surface area contributed by atoms with Crippen molar-refractivity contribution in [2.45, 2.75) is 13.8 Å². The van der Waals surface area contributed by atoms with Gasteiger partial charge in [-0.25, -0.2) is 9.67 Å². The Hall–Kier alpha value is -3.21. The average molecular weight is 316 g/mol. The van der Waals surface area contributed by atoms with Crippen LogP contribution in [0.1, 0.15) is 11.4 Å². The first-order valence-corrected chi connectivity index (χ1v) is 7.75. The molecule has 0 saturated heterocycles. The molecule has 0 spiro atoms. The number of hydrogen-bond donors (Lipinski definition) is 0. The van der Waals surface area contributed by atoms with Crippen molar-refractivity contribution in [1.29, 1.82) is 0 Å². The van der Waals surface area contributed by atoms with E-state index >= 15 is 0 Å². The highest BCUT2D eigenvalue weighted by atomic mass is 16.1. The molecule has 5 heteroatoms. The van der Waals surface area contributed by atoms with Crippen molar-refractivity contribution in [2.75, 3.05) is 0 Å². The van der Waals surface area contributed by atoms with E-state index in [1.807, 2.05) is 68.4 Å². The predicted molar refractivity (Wildman–Crippen MR) is 93.9 cm³/mol. The quantitative estimate of drug-likeness (QED) is 0.571. The van der Waals surface area contributed by atoms with E-state index in [4.69, 9.17) is 0 Å². The van der Waals surface area contributed by atoms with Crippen LogP contribution in [0.25, 0.3) is 22.4 Å². The lowest BCUT2D eigenvalue weighted by Crippen LogP contribution is -2.23. The summed E-state index contributed by atoms with van der Waals surface area (Å²) < 4.78 is 3.35. The molecule has 5 nitrogen and oxygen atoms in total. The second kappa shape index (κ2) is 5.45. The van der Waals surface area contributed by atoms with Crippen LogP contribution >= 0.6 is 0 Å². The summed E-state index contributed by atoms with van der Waals surface area (Å²) in [6, 6.07) is 17.5. The van der Waals surface area contributed by atoms with Gasteiger partial charge in [0.05, 0.1) is 17.6 Å². The van der Waals surface area contributed by atoms with E-state index < -0.39 is 0 Å². The number of rotatable bonds is 2. The number of benzene rings is 2. The van der Waals surface area contributed by atoms with Gasteiger partial charge in [0.25, 0.3) is 5.56 Å². The second-order valence-corrected chi connectivity index (χ2v) is 5.72. The van der Waals surface area contributed by atoms with E-state index in [2.05, 4.69) is 10.1 Å². The van der Waals surface area contributed by atoms with Crippen LogP contribution in [0.2, 0.25) is 0 Å². The molecule has 0 atom stereocenters. The summed E-state index contributed by atoms with van der Waals surface area (Å²) in [6.45, 7) is 3.83. The molecular weight excluding hydrogens is 300 g/mol. The number of aryl methyl sites for hydroxylation is 2. The largest absolute Gasteiger partial charge is 0.269 e. The Labute approximate surface area is 138 Å². The van der Waals surface area contributed by atoms with E-state index in [-0.39, 0.29) is 5.56 Å². The maximum atomic E-state index is 13.0. The van der Waals surface area contributed by atoms with E-state index in [0.717, 1.165) is 16.9 Å². The third-order valence-corrected chi connectivity index (χ3v) is 4.13. The lowest BCUT2D eigenvalue weighted by atomic mass is 10.2. The molecule has 4 rings (SSSR count). The molecule has 0 aliphatic carbocycles. The van der Waals surface area contributed by atoms with Gasteiger partial charge in [-0.1, -0.05) is 36.4 Å². The minimum Gasteiger partial charge on any atom is -0.268 e. The lowest BCUT2D eigenvalue weighted by molar-refractivity contribution is 0.856. The third-order valence-electron chi connectivity index (χ3n) is 4.13. The minimum absolute atomic E-state index is 0.103. The van der Waals surface area contributed by atoms with Gasteiger partial charge < -0.3 is 0 Å². The molecule has 0 bridgehead atoms. The Morgan fingerprint density at radius 3 is 2.38 bits per heavy atom. The Morgan fingerprint density at radius 1 is 0.917 bits per heavy atom. The van der Waals surface area contributed by atoms with Crippen LogP contribution in [0.5, 0.6) is 0 Å². The molecule has 0 unspecified atom stereocenters. The molecule has 118 valence electrons. The van der Waals surface area contributed by atoms with Crippen molar-refractivity contribution in [2.24, 2.45) is 0 Å². The van der Waals surface area contributed by atoms with Gasteiger partial charge in [0, 0.05) is 0 Å². The predicted octanol–water partition coefficient (Wildman–Crippen LogP) is 3.19. The summed E-state index contributed by atoms with van der Waals surface area (Å²) in [5.41, 5.74) is 3.23. The Bertz CT molecular complexity index is 1090. The Kier molecular flexibility index (Phi) is 3.27. The molecular formula is C19H16N4O. The molecule has 0 fully saturated rings. The zero-order valence-corrected chi connectivity index (χ0v) is 13.5. The number of para-hydroxylation sites is 2. The summed E-state index contributed by atoms with van der Waals surface area (Å²) in [7, 11) is 0. The zero-order chi connectivity index (χ0) is 16.7. The van der Waals surface area contributed by atoms with Gasteiger partial charge in [-0.15, -0.1) is 0 Å². The van der Waals surface area contributed by atoms with Crippen molar-refractivity contribution in [3.05, 3.63) is 82.5 Å². The Balaban J connectivity index is 2.02. The summed E-state index contributed by atoms with van der Waals surface area (Å²) in [6.07, 6.45) is 1.59. The maximum absolute atomic E-state index is 13.0. The number of nitrogens with zero attached hydrogens (tertiary/aromatic N) is 4. The van der Waals surface area contributed by atoms with Crippen LogP contribution in [0.15, 0.2) is 65.6 Å². The monoisotopic (exact) mass is 316 g/mol. The highest BCUT2D eigenvalue weighted by Crippen LogP contribution is 2.17. The first-order valence-electron chi connectivity index (χ1n) is 7.75. The number of hydrogen-bond acceptors (Lipinski definition) is 3. The fourth-order valence-electron chi connectivity index (χ4n) is 2.93. The first kappa shape index (κ1) is 14.4. The molecule has 2 heterocycles. The van der Waals surface area contributed by atoms with Crippen LogP contribution in [0, 0.1) is 13.8 Å². The Morgan fingerprint density at radius 2 is 1.62 bits per heavy atom. The topological polar surface area (TPSA) is 52.7 Å². The summed E-state index contributed by atoms with van der Waals surface area (Å²) >= 11 is 0. The standard InChI is InChI=1S/C19H16N4O/c1-13-8-6-7-11-17(13)22-14(2)21-18-16(19(22)24)12-20-23(18)15-9-4-3-5-10-15/h3-12H,1-2H3. The minimum atomic E-state index is -0.103. The van der Waals surface area contributed by atoms with Gasteiger partial charge in [-0.2, -0.15) is 5.10 Å². The highest BCUT2D eigenvalue weighted by molar-refractivity contribution is 5.76. The molecule has 0 saturated carbocycles. The summed E-state index contributed by atoms with van der Waals surface area (Å²) in [4.78, 5) is 17.7. The third kappa shape index (κ3) is 2.13. The van der Waals surface area contributed by atoms with Crippen LogP contribution in [0.3, 0.4) is 0 Å². The molecule has 0 aliphatic heterocycles. The van der Waals surface area contributed by atoms with Crippen LogP contribution in [-0.2, 0) is 0 Å². The fourth-order valence-corrected chi connectivity index (χ4v) is 2.93. The molecule has 4 aromatic rings. The lowest BCUT2D eigenvalue weighted by Gasteiger charge is -2.12. The first-order chi connectivity index (χ1) is 11.7. The van der Waals surface area contributed by atoms with Gasteiger partial charge >= 0.3 is 0 Å². The molecule has 2 aromatic carbocycles. The molecule has 0 N–H and O–H groups in total. The van der Waals surface area contributed by atoms with Crippen molar-refractivity contribution >= 4 is 11.0 Å². The summed E-state index contributed by atoms with van der Waals surface area (Å²) in [5, 5.41) is 4.87.